The maximum Gasteiger partial charge on any atom is 0.230 e. The highest BCUT2D eigenvalue weighted by molar-refractivity contribution is 5.56. The van der Waals surface area contributed by atoms with Gasteiger partial charge in [0.1, 0.15) is 12.7 Å². The van der Waals surface area contributed by atoms with Crippen LogP contribution in [0.25, 0.3) is 17.2 Å². The molecule has 0 N–H and O–H groups in total. The van der Waals surface area contributed by atoms with Crippen molar-refractivity contribution in [3.8, 4) is 11.4 Å². The molecule has 0 saturated carbocycles. The van der Waals surface area contributed by atoms with E-state index in [2.05, 4.69) is 71.0 Å². The van der Waals surface area contributed by atoms with E-state index in [0.29, 0.717) is 5.92 Å². The molecular formula is C16H21N4+. The Morgan fingerprint density at radius 3 is 2.85 bits per heavy atom. The first-order valence-corrected chi connectivity index (χ1v) is 7.03. The maximum absolute atomic E-state index is 4.38. The minimum Gasteiger partial charge on any atom is -0.308 e. The fraction of sp³-hybridized carbons (Fsp3) is 0.375. The van der Waals surface area contributed by atoms with E-state index in [1.54, 1.807) is 0 Å². The van der Waals surface area contributed by atoms with E-state index in [1.807, 2.05) is 12.4 Å². The Balaban J connectivity index is 2.12. The second-order valence-corrected chi connectivity index (χ2v) is 5.84. The summed E-state index contributed by atoms with van der Waals surface area (Å²) < 4.78 is 6.36. The summed E-state index contributed by atoms with van der Waals surface area (Å²) in [6.07, 6.45) is 9.19. The summed E-state index contributed by atoms with van der Waals surface area (Å²) in [5.41, 5.74) is 3.78. The smallest absolute Gasteiger partial charge is 0.230 e. The lowest BCUT2D eigenvalue weighted by atomic mass is 10.0. The number of hydrogen-bond donors (Lipinski definition) is 0. The first-order valence-electron chi connectivity index (χ1n) is 7.03. The Labute approximate surface area is 119 Å². The summed E-state index contributed by atoms with van der Waals surface area (Å²) in [7, 11) is 4.15. The highest BCUT2D eigenvalue weighted by Gasteiger charge is 2.17. The van der Waals surface area contributed by atoms with Gasteiger partial charge in [-0.15, -0.1) is 0 Å². The van der Waals surface area contributed by atoms with Crippen LogP contribution in [0, 0.1) is 5.92 Å². The van der Waals surface area contributed by atoms with Crippen LogP contribution in [0.2, 0.25) is 0 Å². The van der Waals surface area contributed by atoms with Gasteiger partial charge in [0.25, 0.3) is 0 Å². The molecule has 0 unspecified atom stereocenters. The van der Waals surface area contributed by atoms with Crippen molar-refractivity contribution >= 4 is 5.78 Å². The van der Waals surface area contributed by atoms with Crippen LogP contribution in [0.15, 0.2) is 36.9 Å². The van der Waals surface area contributed by atoms with Gasteiger partial charge in [-0.1, -0.05) is 13.8 Å². The van der Waals surface area contributed by atoms with Crippen molar-refractivity contribution in [1.82, 2.24) is 14.0 Å². The molecule has 3 heterocycles. The SMILES string of the molecule is CC(C)Cc1cc[n+](C)c(-c2cn3ccnc3n2C)c1. The summed E-state index contributed by atoms with van der Waals surface area (Å²) in [5, 5.41) is 0. The van der Waals surface area contributed by atoms with E-state index in [1.165, 1.54) is 17.0 Å². The highest BCUT2D eigenvalue weighted by atomic mass is 15.2. The van der Waals surface area contributed by atoms with Crippen molar-refractivity contribution in [2.24, 2.45) is 20.0 Å². The zero-order chi connectivity index (χ0) is 14.3. The molecule has 0 aromatic carbocycles. The lowest BCUT2D eigenvalue weighted by Crippen LogP contribution is -2.31. The van der Waals surface area contributed by atoms with Crippen LogP contribution in [0.5, 0.6) is 0 Å². The summed E-state index contributed by atoms with van der Waals surface area (Å²) in [4.78, 5) is 4.38. The molecule has 4 heteroatoms. The van der Waals surface area contributed by atoms with Crippen molar-refractivity contribution in [2.45, 2.75) is 20.3 Å². The van der Waals surface area contributed by atoms with Crippen LogP contribution >= 0.6 is 0 Å². The first kappa shape index (κ1) is 12.9. The molecule has 0 saturated heterocycles. The number of fused-ring (bicyclic) bond motifs is 1. The predicted octanol–water partition coefficient (Wildman–Crippen LogP) is 2.36. The van der Waals surface area contributed by atoms with Gasteiger partial charge in [0.15, 0.2) is 6.20 Å². The largest absolute Gasteiger partial charge is 0.308 e. The lowest BCUT2D eigenvalue weighted by Gasteiger charge is -2.06. The molecular weight excluding hydrogens is 248 g/mol. The molecule has 0 bridgehead atoms. The van der Waals surface area contributed by atoms with Crippen LogP contribution in [0.1, 0.15) is 19.4 Å². The highest BCUT2D eigenvalue weighted by Crippen LogP contribution is 2.20. The lowest BCUT2D eigenvalue weighted by molar-refractivity contribution is -0.660. The molecule has 0 radical (unpaired) electrons. The van der Waals surface area contributed by atoms with Gasteiger partial charge >= 0.3 is 0 Å². The van der Waals surface area contributed by atoms with Gasteiger partial charge in [0.05, 0.1) is 0 Å². The molecule has 4 nitrogen and oxygen atoms in total. The quantitative estimate of drug-likeness (QED) is 0.670. The summed E-state index contributed by atoms with van der Waals surface area (Å²) in [6.45, 7) is 4.51. The summed E-state index contributed by atoms with van der Waals surface area (Å²) in [6, 6.07) is 4.49. The number of imidazole rings is 2. The number of aryl methyl sites for hydroxylation is 2. The van der Waals surface area contributed by atoms with Crippen LogP contribution < -0.4 is 4.57 Å². The van der Waals surface area contributed by atoms with Crippen molar-refractivity contribution in [3.05, 3.63) is 42.5 Å². The van der Waals surface area contributed by atoms with Gasteiger partial charge in [0, 0.05) is 37.8 Å². The number of hydrogen-bond acceptors (Lipinski definition) is 1. The first-order chi connectivity index (χ1) is 9.56. The van der Waals surface area contributed by atoms with Crippen molar-refractivity contribution in [1.29, 1.82) is 0 Å². The molecule has 0 aliphatic rings. The number of pyridine rings is 1. The molecule has 3 aromatic rings. The fourth-order valence-corrected chi connectivity index (χ4v) is 2.70. The topological polar surface area (TPSA) is 26.1 Å². The third-order valence-corrected chi connectivity index (χ3v) is 3.69. The second kappa shape index (κ2) is 4.78. The van der Waals surface area contributed by atoms with Crippen LogP contribution in [0.3, 0.4) is 0 Å². The van der Waals surface area contributed by atoms with Crippen LogP contribution in [-0.2, 0) is 20.5 Å². The van der Waals surface area contributed by atoms with Gasteiger partial charge in [0.2, 0.25) is 11.5 Å². The Kier molecular flexibility index (Phi) is 3.08. The van der Waals surface area contributed by atoms with Crippen molar-refractivity contribution in [2.75, 3.05) is 0 Å². The van der Waals surface area contributed by atoms with E-state index < -0.39 is 0 Å². The molecule has 3 rings (SSSR count). The van der Waals surface area contributed by atoms with Crippen molar-refractivity contribution in [3.63, 3.8) is 0 Å². The minimum absolute atomic E-state index is 0.668. The Hall–Kier alpha value is -2.10. The molecule has 0 spiro atoms. The van der Waals surface area contributed by atoms with Crippen LogP contribution in [-0.4, -0.2) is 14.0 Å². The Bertz CT molecular complexity index is 749. The Morgan fingerprint density at radius 1 is 1.35 bits per heavy atom. The van der Waals surface area contributed by atoms with Crippen LogP contribution in [0.4, 0.5) is 0 Å². The monoisotopic (exact) mass is 269 g/mol. The van der Waals surface area contributed by atoms with Gasteiger partial charge < -0.3 is 4.57 Å². The fourth-order valence-electron chi connectivity index (χ4n) is 2.70. The van der Waals surface area contributed by atoms with E-state index in [9.17, 15) is 0 Å². The second-order valence-electron chi connectivity index (χ2n) is 5.84. The predicted molar refractivity (Wildman–Crippen MR) is 79.3 cm³/mol. The molecule has 0 aliphatic heterocycles. The number of rotatable bonds is 3. The molecule has 0 aliphatic carbocycles. The van der Waals surface area contributed by atoms with Gasteiger partial charge in [-0.05, 0) is 17.9 Å². The van der Waals surface area contributed by atoms with E-state index in [4.69, 9.17) is 0 Å². The van der Waals surface area contributed by atoms with Gasteiger partial charge in [-0.3, -0.25) is 4.40 Å². The van der Waals surface area contributed by atoms with E-state index >= 15 is 0 Å². The molecule has 0 amide bonds. The zero-order valence-electron chi connectivity index (χ0n) is 12.5. The van der Waals surface area contributed by atoms with E-state index in [0.717, 1.165) is 12.2 Å². The third kappa shape index (κ3) is 2.11. The maximum atomic E-state index is 4.38. The van der Waals surface area contributed by atoms with E-state index in [-0.39, 0.29) is 0 Å². The minimum atomic E-state index is 0.668. The van der Waals surface area contributed by atoms with Crippen molar-refractivity contribution < 1.29 is 4.57 Å². The third-order valence-electron chi connectivity index (χ3n) is 3.69. The van der Waals surface area contributed by atoms with Gasteiger partial charge in [-0.2, -0.15) is 4.57 Å². The normalized spacial score (nSPS) is 11.7. The molecule has 0 atom stereocenters. The molecule has 20 heavy (non-hydrogen) atoms. The number of aromatic nitrogens is 4. The molecule has 104 valence electrons. The van der Waals surface area contributed by atoms with Gasteiger partial charge in [-0.25, -0.2) is 4.98 Å². The average Bonchev–Trinajstić information content (AvgIpc) is 2.95. The molecule has 0 fully saturated rings. The summed E-state index contributed by atoms with van der Waals surface area (Å²) in [5.74, 6) is 1.63. The zero-order valence-corrected chi connectivity index (χ0v) is 12.5. The number of nitrogens with zero attached hydrogens (tertiary/aromatic N) is 4. The standard InChI is InChI=1S/C16H21N4/c1-12(2)9-13-5-7-18(3)14(10-13)15-11-20-8-6-17-16(20)19(15)4/h5-8,10-12H,9H2,1-4H3/q+1. The molecule has 3 aromatic heterocycles. The Morgan fingerprint density at radius 2 is 2.15 bits per heavy atom. The summed E-state index contributed by atoms with van der Waals surface area (Å²) >= 11 is 0. The average molecular weight is 269 g/mol.